The van der Waals surface area contributed by atoms with Gasteiger partial charge in [0.25, 0.3) is 5.91 Å². The maximum atomic E-state index is 13.0. The lowest BCUT2D eigenvalue weighted by molar-refractivity contribution is 0.102. The molecule has 4 heterocycles. The Hall–Kier alpha value is -4.58. The third-order valence-corrected chi connectivity index (χ3v) is 6.86. The lowest BCUT2D eigenvalue weighted by Crippen LogP contribution is -2.49. The molecule has 39 heavy (non-hydrogen) atoms. The van der Waals surface area contributed by atoms with E-state index in [-0.39, 0.29) is 5.91 Å². The molecular weight excluding hydrogens is 494 g/mol. The molecule has 1 aliphatic heterocycles. The number of fused-ring (bicyclic) bond motifs is 1. The maximum absolute atomic E-state index is 13.0. The summed E-state index contributed by atoms with van der Waals surface area (Å²) in [5.74, 6) is 1.46. The van der Waals surface area contributed by atoms with Crippen LogP contribution in [0.15, 0.2) is 37.2 Å². The van der Waals surface area contributed by atoms with Gasteiger partial charge in [-0.3, -0.25) is 14.8 Å². The van der Waals surface area contributed by atoms with Crippen LogP contribution in [0.5, 0.6) is 0 Å². The van der Waals surface area contributed by atoms with Gasteiger partial charge in [0.15, 0.2) is 17.5 Å². The fraction of sp³-hybridized carbons (Fsp3) is 0.333. The number of aryl methyl sites for hydroxylation is 1. The summed E-state index contributed by atoms with van der Waals surface area (Å²) in [6.07, 6.45) is 1.42. The molecule has 3 aromatic heterocycles. The molecule has 1 amide bonds. The largest absolute Gasteiger partial charge is 0.382 e. The summed E-state index contributed by atoms with van der Waals surface area (Å²) in [5, 5.41) is 13.1. The second-order valence-electron chi connectivity index (χ2n) is 10.0. The van der Waals surface area contributed by atoms with Gasteiger partial charge in [-0.15, -0.1) is 0 Å². The van der Waals surface area contributed by atoms with Gasteiger partial charge in [0, 0.05) is 49.5 Å². The van der Waals surface area contributed by atoms with Gasteiger partial charge in [-0.05, 0) is 51.0 Å². The van der Waals surface area contributed by atoms with E-state index in [2.05, 4.69) is 66.0 Å². The van der Waals surface area contributed by atoms with Crippen LogP contribution < -0.4 is 21.3 Å². The quantitative estimate of drug-likeness (QED) is 0.280. The molecule has 0 saturated carbocycles. The topological polar surface area (TPSA) is 154 Å². The molecule has 0 spiro atoms. The molecular formula is C27H33N11O. The predicted octanol–water partition coefficient (Wildman–Crippen LogP) is 3.59. The van der Waals surface area contributed by atoms with Crippen LogP contribution in [0, 0.1) is 6.92 Å². The first kappa shape index (κ1) is 26.0. The first-order valence-electron chi connectivity index (χ1n) is 12.9. The summed E-state index contributed by atoms with van der Waals surface area (Å²) in [6, 6.07) is 7.63. The number of carbonyl (C=O) groups excluding carboxylic acids is 1. The average Bonchev–Trinajstić information content (AvgIpc) is 3.39. The van der Waals surface area contributed by atoms with Crippen LogP contribution in [0.3, 0.4) is 0 Å². The van der Waals surface area contributed by atoms with E-state index < -0.39 is 0 Å². The summed E-state index contributed by atoms with van der Waals surface area (Å²) in [5.41, 5.74) is 11.0. The van der Waals surface area contributed by atoms with E-state index in [0.29, 0.717) is 51.7 Å². The lowest BCUT2D eigenvalue weighted by atomic mass is 10.1. The number of H-pyrrole nitrogens is 1. The van der Waals surface area contributed by atoms with Gasteiger partial charge in [0.05, 0.1) is 5.69 Å². The Morgan fingerprint density at radius 1 is 1.10 bits per heavy atom. The molecule has 1 aromatic carbocycles. The van der Waals surface area contributed by atoms with Crippen molar-refractivity contribution in [3.05, 3.63) is 54.0 Å². The smallest absolute Gasteiger partial charge is 0.256 e. The van der Waals surface area contributed by atoms with Crippen LogP contribution in [0.4, 0.5) is 29.1 Å². The molecule has 202 valence electrons. The first-order chi connectivity index (χ1) is 18.7. The van der Waals surface area contributed by atoms with Gasteiger partial charge < -0.3 is 21.3 Å². The lowest BCUT2D eigenvalue weighted by Gasteiger charge is -2.37. The van der Waals surface area contributed by atoms with Gasteiger partial charge in [-0.1, -0.05) is 12.6 Å². The molecule has 12 nitrogen and oxygen atoms in total. The number of hydrogen-bond donors (Lipinski definition) is 4. The van der Waals surface area contributed by atoms with Crippen molar-refractivity contribution in [3.8, 4) is 0 Å². The molecule has 0 bridgehead atoms. The minimum Gasteiger partial charge on any atom is -0.382 e. The number of rotatable bonds is 7. The van der Waals surface area contributed by atoms with Gasteiger partial charge in [-0.2, -0.15) is 10.1 Å². The number of piperazine rings is 1. The highest BCUT2D eigenvalue weighted by Crippen LogP contribution is 2.29. The van der Waals surface area contributed by atoms with Crippen molar-refractivity contribution in [2.24, 2.45) is 0 Å². The van der Waals surface area contributed by atoms with Gasteiger partial charge in [-0.25, -0.2) is 15.0 Å². The van der Waals surface area contributed by atoms with E-state index in [9.17, 15) is 4.79 Å². The Bertz CT molecular complexity index is 1540. The minimum absolute atomic E-state index is 0.292. The Kier molecular flexibility index (Phi) is 7.11. The van der Waals surface area contributed by atoms with Crippen LogP contribution in [0.1, 0.15) is 42.4 Å². The number of anilines is 5. The Labute approximate surface area is 226 Å². The van der Waals surface area contributed by atoms with Gasteiger partial charge in [0.2, 0.25) is 5.95 Å². The molecule has 0 radical (unpaired) electrons. The van der Waals surface area contributed by atoms with E-state index >= 15 is 0 Å². The average molecular weight is 528 g/mol. The molecule has 0 unspecified atom stereocenters. The standard InChI is InChI=1S/C27H33N11O/c1-15(2)19-13-21(36-35-19)32-26(39)18-7-6-17(5)20(12-18)31-25-23-22(29-14-30-25)24(28)34-27(33-23)38-10-8-37(9-11-38)16(3)4/h6-7,12-14,16H,1,8-11H2,2-5H3,(H2,28,33,34)(H,29,30,31)(H2,32,35,36,39). The third kappa shape index (κ3) is 5.50. The van der Waals surface area contributed by atoms with Crippen molar-refractivity contribution in [2.75, 3.05) is 47.4 Å². The van der Waals surface area contributed by atoms with E-state index in [1.807, 2.05) is 19.9 Å². The number of nitrogen functional groups attached to an aromatic ring is 1. The number of nitrogens with one attached hydrogen (secondary N) is 3. The summed E-state index contributed by atoms with van der Waals surface area (Å²) in [4.78, 5) is 35.7. The molecule has 1 aliphatic rings. The highest BCUT2D eigenvalue weighted by atomic mass is 16.1. The molecule has 1 fully saturated rings. The molecule has 5 rings (SSSR count). The van der Waals surface area contributed by atoms with E-state index in [0.717, 1.165) is 43.0 Å². The maximum Gasteiger partial charge on any atom is 0.256 e. The molecule has 0 atom stereocenters. The summed E-state index contributed by atoms with van der Waals surface area (Å²) in [6.45, 7) is 15.6. The minimum atomic E-state index is -0.292. The van der Waals surface area contributed by atoms with E-state index in [1.165, 1.54) is 6.33 Å². The number of nitrogens with two attached hydrogens (primary N) is 1. The Morgan fingerprint density at radius 3 is 2.56 bits per heavy atom. The van der Waals surface area contributed by atoms with Crippen molar-refractivity contribution in [1.29, 1.82) is 0 Å². The zero-order chi connectivity index (χ0) is 27.7. The van der Waals surface area contributed by atoms with Gasteiger partial charge in [0.1, 0.15) is 17.4 Å². The number of carbonyl (C=O) groups is 1. The molecule has 0 aliphatic carbocycles. The number of allylic oxidation sites excluding steroid dienone is 1. The van der Waals surface area contributed by atoms with E-state index in [4.69, 9.17) is 10.7 Å². The number of nitrogens with zero attached hydrogens (tertiary/aromatic N) is 7. The van der Waals surface area contributed by atoms with Crippen LogP contribution in [-0.4, -0.2) is 73.2 Å². The molecule has 4 aromatic rings. The Morgan fingerprint density at radius 2 is 1.87 bits per heavy atom. The summed E-state index contributed by atoms with van der Waals surface area (Å²) >= 11 is 0. The number of aromatic amines is 1. The van der Waals surface area contributed by atoms with Gasteiger partial charge >= 0.3 is 0 Å². The zero-order valence-corrected chi connectivity index (χ0v) is 22.6. The van der Waals surface area contributed by atoms with Crippen molar-refractivity contribution in [1.82, 2.24) is 35.0 Å². The second kappa shape index (κ2) is 10.7. The highest BCUT2D eigenvalue weighted by Gasteiger charge is 2.23. The fourth-order valence-corrected chi connectivity index (χ4v) is 4.45. The second-order valence-corrected chi connectivity index (χ2v) is 10.0. The Balaban J connectivity index is 1.41. The number of benzene rings is 1. The number of aromatic nitrogens is 6. The highest BCUT2D eigenvalue weighted by molar-refractivity contribution is 6.05. The van der Waals surface area contributed by atoms with Crippen LogP contribution >= 0.6 is 0 Å². The van der Waals surface area contributed by atoms with Crippen molar-refractivity contribution in [3.63, 3.8) is 0 Å². The molecule has 1 saturated heterocycles. The number of hydrogen-bond acceptors (Lipinski definition) is 10. The SMILES string of the molecule is C=C(C)c1cc(NC(=O)c2ccc(C)c(Nc3ncnc4c(N)nc(N5CCN(C(C)C)CC5)nc34)c2)n[nH]1. The van der Waals surface area contributed by atoms with Crippen molar-refractivity contribution >= 4 is 51.6 Å². The van der Waals surface area contributed by atoms with Crippen LogP contribution in [0.2, 0.25) is 0 Å². The molecule has 12 heteroatoms. The monoisotopic (exact) mass is 527 g/mol. The summed E-state index contributed by atoms with van der Waals surface area (Å²) < 4.78 is 0. The van der Waals surface area contributed by atoms with Crippen LogP contribution in [-0.2, 0) is 0 Å². The van der Waals surface area contributed by atoms with Crippen molar-refractivity contribution < 1.29 is 4.79 Å². The number of amides is 1. The predicted molar refractivity (Wildman–Crippen MR) is 154 cm³/mol. The first-order valence-corrected chi connectivity index (χ1v) is 12.9. The summed E-state index contributed by atoms with van der Waals surface area (Å²) in [7, 11) is 0. The normalized spacial score (nSPS) is 14.1. The zero-order valence-electron chi connectivity index (χ0n) is 22.6. The van der Waals surface area contributed by atoms with Crippen molar-refractivity contribution in [2.45, 2.75) is 33.7 Å². The van der Waals surface area contributed by atoms with Crippen LogP contribution in [0.25, 0.3) is 16.6 Å². The fourth-order valence-electron chi connectivity index (χ4n) is 4.45. The molecule has 5 N–H and O–H groups in total. The third-order valence-electron chi connectivity index (χ3n) is 6.86. The van der Waals surface area contributed by atoms with E-state index in [1.54, 1.807) is 18.2 Å².